The van der Waals surface area contributed by atoms with Gasteiger partial charge >= 0.3 is 5.97 Å². The molecule has 1 aliphatic rings. The van der Waals surface area contributed by atoms with Crippen molar-refractivity contribution in [1.82, 2.24) is 4.98 Å². The predicted octanol–water partition coefficient (Wildman–Crippen LogP) is 3.05. The first-order valence-electron chi connectivity index (χ1n) is 9.03. The van der Waals surface area contributed by atoms with Crippen LogP contribution >= 0.6 is 22.9 Å². The molecule has 3 aromatic rings. The van der Waals surface area contributed by atoms with Gasteiger partial charge in [0.25, 0.3) is 15.9 Å². The number of thiophene rings is 1. The van der Waals surface area contributed by atoms with E-state index in [1.807, 2.05) is 0 Å². The van der Waals surface area contributed by atoms with Crippen molar-refractivity contribution in [2.24, 2.45) is 0 Å². The van der Waals surface area contributed by atoms with Gasteiger partial charge in [-0.15, -0.1) is 11.3 Å². The highest BCUT2D eigenvalue weighted by molar-refractivity contribution is 7.92. The number of amides is 2. The second-order valence-corrected chi connectivity index (χ2v) is 10.1. The molecule has 1 aliphatic heterocycles. The summed E-state index contributed by atoms with van der Waals surface area (Å²) in [5, 5.41) is 10.6. The highest BCUT2D eigenvalue weighted by atomic mass is 35.5. The van der Waals surface area contributed by atoms with Crippen molar-refractivity contribution < 1.29 is 27.9 Å². The van der Waals surface area contributed by atoms with Crippen molar-refractivity contribution >= 4 is 62.2 Å². The van der Waals surface area contributed by atoms with E-state index in [-0.39, 0.29) is 39.0 Å². The van der Waals surface area contributed by atoms with Crippen LogP contribution in [0.4, 0.5) is 11.5 Å². The lowest BCUT2D eigenvalue weighted by molar-refractivity contribution is -0.117. The molecule has 0 unspecified atom stereocenters. The number of benzene rings is 1. The maximum Gasteiger partial charge on any atom is 0.337 e. The van der Waals surface area contributed by atoms with Gasteiger partial charge in [-0.3, -0.25) is 13.9 Å². The van der Waals surface area contributed by atoms with E-state index in [0.717, 1.165) is 26.6 Å². The topological polar surface area (TPSA) is 125 Å². The van der Waals surface area contributed by atoms with Crippen LogP contribution in [0.1, 0.15) is 25.6 Å². The number of carbonyl (C=O) groups is 3. The number of carbonyl (C=O) groups excluding carboxylic acids is 2. The molecule has 4 rings (SSSR count). The van der Waals surface area contributed by atoms with Crippen LogP contribution in [0.25, 0.3) is 0 Å². The minimum Gasteiger partial charge on any atom is -0.478 e. The van der Waals surface area contributed by atoms with E-state index < -0.39 is 27.8 Å². The first kappa shape index (κ1) is 21.9. The molecule has 0 bridgehead atoms. The number of pyridine rings is 1. The number of anilines is 2. The van der Waals surface area contributed by atoms with E-state index >= 15 is 0 Å². The van der Waals surface area contributed by atoms with Gasteiger partial charge in [0, 0.05) is 23.5 Å². The number of rotatable bonds is 5. The summed E-state index contributed by atoms with van der Waals surface area (Å²) in [6.07, 6.45) is 1.23. The Morgan fingerprint density at radius 2 is 2.00 bits per heavy atom. The molecule has 1 N–H and O–H groups in total. The molecule has 0 aliphatic carbocycles. The van der Waals surface area contributed by atoms with Gasteiger partial charge in [-0.2, -0.15) is 0 Å². The maximum atomic E-state index is 13.1. The van der Waals surface area contributed by atoms with Gasteiger partial charge in [0.1, 0.15) is 5.82 Å². The molecule has 0 fully saturated rings. The molecule has 0 saturated carbocycles. The third kappa shape index (κ3) is 3.53. The van der Waals surface area contributed by atoms with Gasteiger partial charge in [0.2, 0.25) is 5.91 Å². The van der Waals surface area contributed by atoms with Gasteiger partial charge in [-0.25, -0.2) is 23.1 Å². The van der Waals surface area contributed by atoms with Gasteiger partial charge in [0.15, 0.2) is 0 Å². The molecule has 0 saturated heterocycles. The number of carboxylic acid groups (broad SMARTS) is 1. The van der Waals surface area contributed by atoms with Crippen LogP contribution in [0.3, 0.4) is 0 Å². The molecular weight excluding hydrogens is 478 g/mol. The fraction of sp³-hybridized carbons (Fsp3) is 0.100. The van der Waals surface area contributed by atoms with E-state index in [0.29, 0.717) is 4.88 Å². The number of hydrogen-bond acceptors (Lipinski definition) is 7. The molecular formula is C20H14ClN3O6S2. The quantitative estimate of drug-likeness (QED) is 0.544. The fourth-order valence-electron chi connectivity index (χ4n) is 3.25. The number of imide groups is 1. The number of sulfonamides is 1. The van der Waals surface area contributed by atoms with Crippen LogP contribution in [0, 0.1) is 0 Å². The van der Waals surface area contributed by atoms with Gasteiger partial charge in [0.05, 0.1) is 33.2 Å². The molecule has 2 aromatic heterocycles. The standard InChI is InChI=1S/C20H14ClN3O6S2/c1-23(16-4-2-3-7-22-16)32(29,30)11-5-6-13(21)14(8-11)24-17(25)9-15-18(19(24)26)12(10-31-15)20(27)28/h2-8,10H,9H2,1H3,(H,27,28). The van der Waals surface area contributed by atoms with E-state index in [9.17, 15) is 27.9 Å². The molecule has 9 nitrogen and oxygen atoms in total. The third-order valence-electron chi connectivity index (χ3n) is 4.86. The van der Waals surface area contributed by atoms with Crippen molar-refractivity contribution in [3.8, 4) is 0 Å². The van der Waals surface area contributed by atoms with Gasteiger partial charge in [-0.1, -0.05) is 17.7 Å². The number of aromatic carboxylic acids is 1. The SMILES string of the molecule is CN(c1ccccn1)S(=O)(=O)c1ccc(Cl)c(N2C(=O)Cc3scc(C(=O)O)c3C2=O)c1. The summed E-state index contributed by atoms with van der Waals surface area (Å²) < 4.78 is 27.2. The first-order chi connectivity index (χ1) is 15.1. The zero-order valence-electron chi connectivity index (χ0n) is 16.4. The molecule has 12 heteroatoms. The number of hydrogen-bond donors (Lipinski definition) is 1. The number of fused-ring (bicyclic) bond motifs is 1. The second-order valence-electron chi connectivity index (χ2n) is 6.74. The Morgan fingerprint density at radius 1 is 1.25 bits per heavy atom. The largest absolute Gasteiger partial charge is 0.478 e. The number of halogens is 1. The molecule has 164 valence electrons. The Labute approximate surface area is 191 Å². The Kier molecular flexibility index (Phi) is 5.49. The molecule has 0 spiro atoms. The summed E-state index contributed by atoms with van der Waals surface area (Å²) in [5.74, 6) is -2.65. The van der Waals surface area contributed by atoms with Crippen LogP contribution in [-0.2, 0) is 21.2 Å². The van der Waals surface area contributed by atoms with Gasteiger partial charge < -0.3 is 5.11 Å². The second kappa shape index (κ2) is 8.01. The van der Waals surface area contributed by atoms with E-state index in [4.69, 9.17) is 11.6 Å². The lowest BCUT2D eigenvalue weighted by Gasteiger charge is -2.27. The smallest absolute Gasteiger partial charge is 0.337 e. The van der Waals surface area contributed by atoms with Crippen LogP contribution in [0.5, 0.6) is 0 Å². The van der Waals surface area contributed by atoms with E-state index in [2.05, 4.69) is 4.98 Å². The lowest BCUT2D eigenvalue weighted by atomic mass is 10.0. The molecule has 0 atom stereocenters. The monoisotopic (exact) mass is 491 g/mol. The van der Waals surface area contributed by atoms with Crippen molar-refractivity contribution in [1.29, 1.82) is 0 Å². The zero-order chi connectivity index (χ0) is 23.2. The average molecular weight is 492 g/mol. The summed E-state index contributed by atoms with van der Waals surface area (Å²) in [6.45, 7) is 0. The number of carboxylic acids is 1. The van der Waals surface area contributed by atoms with Crippen molar-refractivity contribution in [2.75, 3.05) is 16.3 Å². The number of nitrogens with zero attached hydrogens (tertiary/aromatic N) is 3. The Morgan fingerprint density at radius 3 is 2.66 bits per heavy atom. The Bertz CT molecular complexity index is 1370. The molecule has 0 radical (unpaired) electrons. The maximum absolute atomic E-state index is 13.1. The summed E-state index contributed by atoms with van der Waals surface area (Å²) in [6, 6.07) is 8.41. The lowest BCUT2D eigenvalue weighted by Crippen LogP contribution is -2.42. The fourth-order valence-corrected chi connectivity index (χ4v) is 5.62. The Hall–Kier alpha value is -3.28. The highest BCUT2D eigenvalue weighted by Crippen LogP contribution is 2.36. The van der Waals surface area contributed by atoms with Crippen molar-refractivity contribution in [3.63, 3.8) is 0 Å². The van der Waals surface area contributed by atoms with Crippen LogP contribution in [0.2, 0.25) is 5.02 Å². The minimum absolute atomic E-state index is 0.0401. The highest BCUT2D eigenvalue weighted by Gasteiger charge is 2.38. The van der Waals surface area contributed by atoms with Crippen LogP contribution < -0.4 is 9.21 Å². The summed E-state index contributed by atoms with van der Waals surface area (Å²) >= 11 is 7.24. The molecule has 2 amide bonds. The summed E-state index contributed by atoms with van der Waals surface area (Å²) in [5.41, 5.74) is -0.468. The minimum atomic E-state index is -4.11. The van der Waals surface area contributed by atoms with Crippen LogP contribution in [0.15, 0.2) is 52.9 Å². The normalized spacial score (nSPS) is 13.8. The van der Waals surface area contributed by atoms with Crippen molar-refractivity contribution in [2.45, 2.75) is 11.3 Å². The van der Waals surface area contributed by atoms with Gasteiger partial charge in [-0.05, 0) is 30.3 Å². The zero-order valence-corrected chi connectivity index (χ0v) is 18.7. The van der Waals surface area contributed by atoms with E-state index in [1.165, 1.54) is 36.8 Å². The predicted molar refractivity (Wildman–Crippen MR) is 118 cm³/mol. The first-order valence-corrected chi connectivity index (χ1v) is 11.7. The van der Waals surface area contributed by atoms with Crippen LogP contribution in [-0.4, -0.2) is 43.3 Å². The summed E-state index contributed by atoms with van der Waals surface area (Å²) in [4.78, 5) is 42.2. The number of aromatic nitrogens is 1. The average Bonchev–Trinajstić information content (AvgIpc) is 3.19. The molecule has 32 heavy (non-hydrogen) atoms. The molecule has 3 heterocycles. The molecule has 1 aromatic carbocycles. The third-order valence-corrected chi connectivity index (χ3v) is 7.93. The summed E-state index contributed by atoms with van der Waals surface area (Å²) in [7, 11) is -2.79. The van der Waals surface area contributed by atoms with E-state index in [1.54, 1.807) is 12.1 Å². The Balaban J connectivity index is 1.79. The van der Waals surface area contributed by atoms with Crippen molar-refractivity contribution in [3.05, 3.63) is 69.0 Å².